The number of nitrogens with one attached hydrogen (secondary N) is 1. The molecule has 4 heteroatoms. The van der Waals surface area contributed by atoms with Gasteiger partial charge in [0.25, 0.3) is 0 Å². The largest absolute Gasteiger partial charge is 0.481 e. The highest BCUT2D eigenvalue weighted by Gasteiger charge is 2.45. The third kappa shape index (κ3) is 3.87. The molecular formula is C18H23NO3. The number of benzene rings is 1. The zero-order chi connectivity index (χ0) is 15.5. The molecule has 0 radical (unpaired) electrons. The van der Waals surface area contributed by atoms with Crippen LogP contribution >= 0.6 is 0 Å². The summed E-state index contributed by atoms with van der Waals surface area (Å²) < 4.78 is 0. The van der Waals surface area contributed by atoms with E-state index in [1.807, 2.05) is 30.3 Å². The molecule has 3 rings (SSSR count). The average Bonchev–Trinajstić information content (AvgIpc) is 3.39. The highest BCUT2D eigenvalue weighted by atomic mass is 16.4. The van der Waals surface area contributed by atoms with Crippen molar-refractivity contribution in [3.05, 3.63) is 35.9 Å². The second kappa shape index (κ2) is 6.51. The van der Waals surface area contributed by atoms with Crippen LogP contribution in [0.2, 0.25) is 0 Å². The van der Waals surface area contributed by atoms with Crippen LogP contribution in [0.5, 0.6) is 0 Å². The van der Waals surface area contributed by atoms with E-state index < -0.39 is 11.9 Å². The summed E-state index contributed by atoms with van der Waals surface area (Å²) in [5.74, 6) is -0.116. The summed E-state index contributed by atoms with van der Waals surface area (Å²) in [5.41, 5.74) is 0.991. The Kier molecular flexibility index (Phi) is 4.46. The number of aliphatic carboxylic acids is 1. The molecule has 4 nitrogen and oxygen atoms in total. The van der Waals surface area contributed by atoms with Crippen molar-refractivity contribution in [2.45, 2.75) is 32.1 Å². The minimum absolute atomic E-state index is 0.0734. The summed E-state index contributed by atoms with van der Waals surface area (Å²) in [6.45, 7) is 0.221. The van der Waals surface area contributed by atoms with Gasteiger partial charge in [0, 0.05) is 12.5 Å². The van der Waals surface area contributed by atoms with E-state index in [0.29, 0.717) is 18.3 Å². The van der Waals surface area contributed by atoms with Crippen molar-refractivity contribution in [3.8, 4) is 0 Å². The molecule has 118 valence electrons. The maximum Gasteiger partial charge on any atom is 0.308 e. The van der Waals surface area contributed by atoms with Gasteiger partial charge in [-0.05, 0) is 49.5 Å². The van der Waals surface area contributed by atoms with E-state index >= 15 is 0 Å². The van der Waals surface area contributed by atoms with Gasteiger partial charge in [-0.25, -0.2) is 0 Å². The predicted octanol–water partition coefficient (Wildman–Crippen LogP) is 2.48. The summed E-state index contributed by atoms with van der Waals surface area (Å²) in [5, 5.41) is 12.3. The number of carbonyl (C=O) groups excluding carboxylic acids is 1. The molecule has 1 aromatic rings. The molecule has 2 fully saturated rings. The first-order valence-corrected chi connectivity index (χ1v) is 8.19. The van der Waals surface area contributed by atoms with Crippen LogP contribution in [0.4, 0.5) is 0 Å². The predicted molar refractivity (Wildman–Crippen MR) is 83.2 cm³/mol. The molecule has 0 saturated heterocycles. The Morgan fingerprint density at radius 1 is 1.09 bits per heavy atom. The van der Waals surface area contributed by atoms with Crippen LogP contribution in [0.15, 0.2) is 30.3 Å². The summed E-state index contributed by atoms with van der Waals surface area (Å²) in [7, 11) is 0. The van der Waals surface area contributed by atoms with E-state index in [4.69, 9.17) is 0 Å². The van der Waals surface area contributed by atoms with Crippen molar-refractivity contribution in [1.29, 1.82) is 0 Å². The monoisotopic (exact) mass is 301 g/mol. The van der Waals surface area contributed by atoms with Gasteiger partial charge >= 0.3 is 5.97 Å². The van der Waals surface area contributed by atoms with Crippen LogP contribution in [0.25, 0.3) is 0 Å². The summed E-state index contributed by atoms with van der Waals surface area (Å²) >= 11 is 0. The van der Waals surface area contributed by atoms with Gasteiger partial charge in [0.05, 0.1) is 5.92 Å². The first kappa shape index (κ1) is 15.1. The maximum atomic E-state index is 12.4. The van der Waals surface area contributed by atoms with E-state index in [-0.39, 0.29) is 18.4 Å². The Morgan fingerprint density at radius 3 is 2.18 bits per heavy atom. The molecule has 2 aliphatic carbocycles. The fourth-order valence-corrected chi connectivity index (χ4v) is 3.21. The van der Waals surface area contributed by atoms with Gasteiger partial charge in [0.2, 0.25) is 5.91 Å². The Morgan fingerprint density at radius 2 is 1.68 bits per heavy atom. The lowest BCUT2D eigenvalue weighted by Gasteiger charge is -2.18. The fraction of sp³-hybridized carbons (Fsp3) is 0.556. The second-order valence-corrected chi connectivity index (χ2v) is 6.67. The van der Waals surface area contributed by atoms with Crippen molar-refractivity contribution in [2.75, 3.05) is 6.54 Å². The van der Waals surface area contributed by atoms with Crippen LogP contribution in [0, 0.1) is 23.7 Å². The number of carboxylic acids is 1. The molecule has 0 bridgehead atoms. The number of hydrogen-bond acceptors (Lipinski definition) is 2. The number of carbonyl (C=O) groups is 2. The lowest BCUT2D eigenvalue weighted by molar-refractivity contribution is -0.141. The molecule has 2 N–H and O–H groups in total. The van der Waals surface area contributed by atoms with Gasteiger partial charge < -0.3 is 10.4 Å². The first-order valence-electron chi connectivity index (χ1n) is 8.19. The Hall–Kier alpha value is -1.84. The smallest absolute Gasteiger partial charge is 0.308 e. The van der Waals surface area contributed by atoms with Crippen molar-refractivity contribution in [1.82, 2.24) is 5.32 Å². The maximum absolute atomic E-state index is 12.4. The minimum atomic E-state index is -0.849. The number of amides is 1. The van der Waals surface area contributed by atoms with Crippen LogP contribution in [-0.2, 0) is 16.0 Å². The Bertz CT molecular complexity index is 523. The second-order valence-electron chi connectivity index (χ2n) is 6.67. The lowest BCUT2D eigenvalue weighted by atomic mass is 9.95. The van der Waals surface area contributed by atoms with Gasteiger partial charge in [-0.3, -0.25) is 9.59 Å². The molecule has 22 heavy (non-hydrogen) atoms. The molecule has 0 aromatic heterocycles. The SMILES string of the molecule is O=C(O)C(CNC(=O)C(C1CC1)C1CC1)Cc1ccccc1. The van der Waals surface area contributed by atoms with Crippen molar-refractivity contribution in [2.24, 2.45) is 23.7 Å². The van der Waals surface area contributed by atoms with Crippen LogP contribution in [-0.4, -0.2) is 23.5 Å². The molecular weight excluding hydrogens is 278 g/mol. The molecule has 2 saturated carbocycles. The standard InChI is InChI=1S/C18H23NO3/c20-17(16(13-6-7-13)14-8-9-14)19-11-15(18(21)22)10-12-4-2-1-3-5-12/h1-5,13-16H,6-11H2,(H,19,20)(H,21,22). The van der Waals surface area contributed by atoms with Gasteiger partial charge in [-0.15, -0.1) is 0 Å². The zero-order valence-electron chi connectivity index (χ0n) is 12.7. The van der Waals surface area contributed by atoms with Gasteiger partial charge in [-0.1, -0.05) is 30.3 Å². The summed E-state index contributed by atoms with van der Waals surface area (Å²) in [6.07, 6.45) is 5.07. The molecule has 1 amide bonds. The van der Waals surface area contributed by atoms with Crippen LogP contribution < -0.4 is 5.32 Å². The van der Waals surface area contributed by atoms with Crippen LogP contribution in [0.1, 0.15) is 31.2 Å². The van der Waals surface area contributed by atoms with Crippen LogP contribution in [0.3, 0.4) is 0 Å². The molecule has 0 heterocycles. The number of hydrogen-bond donors (Lipinski definition) is 2. The first-order chi connectivity index (χ1) is 10.6. The van der Waals surface area contributed by atoms with E-state index in [2.05, 4.69) is 5.32 Å². The molecule has 2 aliphatic rings. The zero-order valence-corrected chi connectivity index (χ0v) is 12.7. The fourth-order valence-electron chi connectivity index (χ4n) is 3.21. The molecule has 1 atom stereocenters. The average molecular weight is 301 g/mol. The third-order valence-electron chi connectivity index (χ3n) is 4.76. The van der Waals surface area contributed by atoms with E-state index in [9.17, 15) is 14.7 Å². The highest BCUT2D eigenvalue weighted by Crippen LogP contribution is 2.49. The minimum Gasteiger partial charge on any atom is -0.481 e. The Balaban J connectivity index is 1.54. The highest BCUT2D eigenvalue weighted by molar-refractivity contribution is 5.81. The lowest BCUT2D eigenvalue weighted by Crippen LogP contribution is -2.39. The molecule has 1 aromatic carbocycles. The molecule has 1 unspecified atom stereocenters. The van der Waals surface area contributed by atoms with Gasteiger partial charge in [0.15, 0.2) is 0 Å². The topological polar surface area (TPSA) is 66.4 Å². The quantitative estimate of drug-likeness (QED) is 0.775. The van der Waals surface area contributed by atoms with Gasteiger partial charge in [0.1, 0.15) is 0 Å². The number of rotatable bonds is 8. The summed E-state index contributed by atoms with van der Waals surface area (Å²) in [4.78, 5) is 23.8. The molecule has 0 aliphatic heterocycles. The van der Waals surface area contributed by atoms with E-state index in [1.165, 1.54) is 0 Å². The number of carboxylic acid groups (broad SMARTS) is 1. The summed E-state index contributed by atoms with van der Waals surface area (Å²) in [6, 6.07) is 9.58. The van der Waals surface area contributed by atoms with E-state index in [0.717, 1.165) is 31.2 Å². The van der Waals surface area contributed by atoms with Crippen molar-refractivity contribution < 1.29 is 14.7 Å². The van der Waals surface area contributed by atoms with Crippen molar-refractivity contribution in [3.63, 3.8) is 0 Å². The Labute approximate surface area is 130 Å². The third-order valence-corrected chi connectivity index (χ3v) is 4.76. The van der Waals surface area contributed by atoms with Gasteiger partial charge in [-0.2, -0.15) is 0 Å². The normalized spacial score (nSPS) is 19.0. The molecule has 0 spiro atoms. The van der Waals surface area contributed by atoms with Crippen molar-refractivity contribution >= 4 is 11.9 Å². The van der Waals surface area contributed by atoms with E-state index in [1.54, 1.807) is 0 Å².